The van der Waals surface area contributed by atoms with Gasteiger partial charge in [-0.1, -0.05) is 18.2 Å². The maximum absolute atomic E-state index is 12.5. The normalized spacial score (nSPS) is 17.7. The summed E-state index contributed by atoms with van der Waals surface area (Å²) in [5, 5.41) is 5.27. The lowest BCUT2D eigenvalue weighted by Gasteiger charge is -2.33. The van der Waals surface area contributed by atoms with Gasteiger partial charge in [-0.05, 0) is 31.0 Å². The van der Waals surface area contributed by atoms with E-state index in [9.17, 15) is 9.59 Å². The molecule has 5 nitrogen and oxygen atoms in total. The van der Waals surface area contributed by atoms with E-state index in [1.165, 1.54) is 11.3 Å². The lowest BCUT2D eigenvalue weighted by molar-refractivity contribution is 0.0694. The molecule has 24 heavy (non-hydrogen) atoms. The summed E-state index contributed by atoms with van der Waals surface area (Å²) in [6, 6.07) is 11.5. The standard InChI is InChI=1S/C18H21N3O2S/c19-17(22)14-9-16(24-12-14)10-20-15-7-4-8-21(11-15)18(23)13-5-2-1-3-6-13/h1-3,5-6,9,12,15,20H,4,7-8,10-11H2,(H2,19,22). The number of nitrogens with zero attached hydrogens (tertiary/aromatic N) is 1. The van der Waals surface area contributed by atoms with Crippen LogP contribution >= 0.6 is 11.3 Å². The second-order valence-corrected chi connectivity index (χ2v) is 7.00. The third kappa shape index (κ3) is 4.01. The third-order valence-corrected chi connectivity index (χ3v) is 5.17. The molecule has 1 saturated heterocycles. The Labute approximate surface area is 145 Å². The van der Waals surface area contributed by atoms with E-state index in [1.54, 1.807) is 5.38 Å². The van der Waals surface area contributed by atoms with Gasteiger partial charge >= 0.3 is 0 Å². The van der Waals surface area contributed by atoms with Gasteiger partial charge in [0, 0.05) is 41.5 Å². The van der Waals surface area contributed by atoms with Crippen molar-refractivity contribution in [3.63, 3.8) is 0 Å². The van der Waals surface area contributed by atoms with Gasteiger partial charge in [-0.2, -0.15) is 0 Å². The Morgan fingerprint density at radius 2 is 2.04 bits per heavy atom. The van der Waals surface area contributed by atoms with E-state index in [2.05, 4.69) is 5.32 Å². The summed E-state index contributed by atoms with van der Waals surface area (Å²) in [5.41, 5.74) is 6.57. The molecule has 2 heterocycles. The van der Waals surface area contributed by atoms with Crippen molar-refractivity contribution in [1.29, 1.82) is 0 Å². The van der Waals surface area contributed by atoms with Crippen LogP contribution in [0.1, 0.15) is 38.4 Å². The van der Waals surface area contributed by atoms with E-state index in [0.29, 0.717) is 18.7 Å². The summed E-state index contributed by atoms with van der Waals surface area (Å²) in [6.45, 7) is 2.20. The van der Waals surface area contributed by atoms with Gasteiger partial charge in [0.2, 0.25) is 5.91 Å². The molecule has 0 bridgehead atoms. The van der Waals surface area contributed by atoms with Crippen LogP contribution in [0.5, 0.6) is 0 Å². The molecule has 0 spiro atoms. The maximum Gasteiger partial charge on any atom is 0.253 e. The van der Waals surface area contributed by atoms with Crippen molar-refractivity contribution >= 4 is 23.2 Å². The minimum absolute atomic E-state index is 0.0919. The van der Waals surface area contributed by atoms with Gasteiger partial charge in [0.05, 0.1) is 5.56 Å². The fraction of sp³-hybridized carbons (Fsp3) is 0.333. The first kappa shape index (κ1) is 16.7. The van der Waals surface area contributed by atoms with Crippen LogP contribution in [0.15, 0.2) is 41.8 Å². The molecule has 1 aromatic heterocycles. The van der Waals surface area contributed by atoms with Gasteiger partial charge < -0.3 is 16.0 Å². The van der Waals surface area contributed by atoms with Crippen molar-refractivity contribution in [1.82, 2.24) is 10.2 Å². The van der Waals surface area contributed by atoms with E-state index in [4.69, 9.17) is 5.73 Å². The van der Waals surface area contributed by atoms with Crippen molar-refractivity contribution in [3.05, 3.63) is 57.8 Å². The second kappa shape index (κ2) is 7.59. The molecule has 1 aliphatic rings. The zero-order chi connectivity index (χ0) is 16.9. The summed E-state index contributed by atoms with van der Waals surface area (Å²) in [4.78, 5) is 26.7. The Morgan fingerprint density at radius 3 is 2.75 bits per heavy atom. The Balaban J connectivity index is 1.55. The highest BCUT2D eigenvalue weighted by Crippen LogP contribution is 2.17. The van der Waals surface area contributed by atoms with E-state index in [1.807, 2.05) is 41.3 Å². The SMILES string of the molecule is NC(=O)c1csc(CNC2CCCN(C(=O)c3ccccc3)C2)c1. The Bertz CT molecular complexity index is 714. The molecule has 1 unspecified atom stereocenters. The molecule has 2 amide bonds. The van der Waals surface area contributed by atoms with E-state index >= 15 is 0 Å². The predicted molar refractivity (Wildman–Crippen MR) is 95.0 cm³/mol. The average molecular weight is 343 g/mol. The summed E-state index contributed by atoms with van der Waals surface area (Å²) in [7, 11) is 0. The first-order valence-electron chi connectivity index (χ1n) is 8.08. The number of carbonyl (C=O) groups excluding carboxylic acids is 2. The predicted octanol–water partition coefficient (Wildman–Crippen LogP) is 2.24. The topological polar surface area (TPSA) is 75.4 Å². The number of amides is 2. The van der Waals surface area contributed by atoms with Crippen molar-refractivity contribution in [3.8, 4) is 0 Å². The minimum atomic E-state index is -0.394. The van der Waals surface area contributed by atoms with Gasteiger partial charge in [0.1, 0.15) is 0 Å². The summed E-state index contributed by atoms with van der Waals surface area (Å²) in [5.74, 6) is -0.302. The third-order valence-electron chi connectivity index (χ3n) is 4.23. The second-order valence-electron chi connectivity index (χ2n) is 6.00. The van der Waals surface area contributed by atoms with Crippen LogP contribution in [-0.4, -0.2) is 35.8 Å². The minimum Gasteiger partial charge on any atom is -0.366 e. The molecule has 126 valence electrons. The van der Waals surface area contributed by atoms with Crippen LogP contribution in [0.2, 0.25) is 0 Å². The molecule has 0 radical (unpaired) electrons. The lowest BCUT2D eigenvalue weighted by Crippen LogP contribution is -2.47. The molecule has 3 N–H and O–H groups in total. The molecular weight excluding hydrogens is 322 g/mol. The quantitative estimate of drug-likeness (QED) is 0.874. The molecule has 0 aliphatic carbocycles. The molecular formula is C18H21N3O2S. The number of likely N-dealkylation sites (tertiary alicyclic amines) is 1. The van der Waals surface area contributed by atoms with Gasteiger partial charge in [-0.3, -0.25) is 9.59 Å². The highest BCUT2D eigenvalue weighted by Gasteiger charge is 2.24. The zero-order valence-electron chi connectivity index (χ0n) is 13.4. The lowest BCUT2D eigenvalue weighted by atomic mass is 10.0. The van der Waals surface area contributed by atoms with Gasteiger partial charge in [0.15, 0.2) is 0 Å². The number of hydrogen-bond acceptors (Lipinski definition) is 4. The molecule has 2 aromatic rings. The highest BCUT2D eigenvalue weighted by atomic mass is 32.1. The molecule has 3 rings (SSSR count). The highest BCUT2D eigenvalue weighted by molar-refractivity contribution is 7.10. The number of nitrogens with one attached hydrogen (secondary N) is 1. The fourth-order valence-corrected chi connectivity index (χ4v) is 3.76. The molecule has 6 heteroatoms. The molecule has 1 aromatic carbocycles. The van der Waals surface area contributed by atoms with Crippen LogP contribution in [-0.2, 0) is 6.54 Å². The number of thiophene rings is 1. The van der Waals surface area contributed by atoms with Crippen molar-refractivity contribution < 1.29 is 9.59 Å². The van der Waals surface area contributed by atoms with Crippen LogP contribution in [0.3, 0.4) is 0 Å². The summed E-state index contributed by atoms with van der Waals surface area (Å²) < 4.78 is 0. The Morgan fingerprint density at radius 1 is 1.25 bits per heavy atom. The average Bonchev–Trinajstić information content (AvgIpc) is 3.10. The van der Waals surface area contributed by atoms with Crippen LogP contribution in [0.25, 0.3) is 0 Å². The van der Waals surface area contributed by atoms with Gasteiger partial charge in [0.25, 0.3) is 5.91 Å². The summed E-state index contributed by atoms with van der Waals surface area (Å²) >= 11 is 1.53. The maximum atomic E-state index is 12.5. The van der Waals surface area contributed by atoms with Crippen molar-refractivity contribution in [2.75, 3.05) is 13.1 Å². The van der Waals surface area contributed by atoms with Crippen LogP contribution < -0.4 is 11.1 Å². The number of primary amides is 1. The van der Waals surface area contributed by atoms with Gasteiger partial charge in [-0.25, -0.2) is 0 Å². The smallest absolute Gasteiger partial charge is 0.253 e. The Hall–Kier alpha value is -2.18. The van der Waals surface area contributed by atoms with Crippen LogP contribution in [0.4, 0.5) is 0 Å². The number of benzene rings is 1. The van der Waals surface area contributed by atoms with E-state index < -0.39 is 5.91 Å². The molecule has 1 aliphatic heterocycles. The number of piperidine rings is 1. The number of nitrogens with two attached hydrogens (primary N) is 1. The van der Waals surface area contributed by atoms with Crippen molar-refractivity contribution in [2.45, 2.75) is 25.4 Å². The first-order chi connectivity index (χ1) is 11.6. The summed E-state index contributed by atoms with van der Waals surface area (Å²) in [6.07, 6.45) is 2.04. The zero-order valence-corrected chi connectivity index (χ0v) is 14.2. The monoisotopic (exact) mass is 343 g/mol. The van der Waals surface area contributed by atoms with Crippen LogP contribution in [0, 0.1) is 0 Å². The first-order valence-corrected chi connectivity index (χ1v) is 8.96. The van der Waals surface area contributed by atoms with E-state index in [-0.39, 0.29) is 11.9 Å². The van der Waals surface area contributed by atoms with Gasteiger partial charge in [-0.15, -0.1) is 11.3 Å². The largest absolute Gasteiger partial charge is 0.366 e. The number of rotatable bonds is 5. The van der Waals surface area contributed by atoms with E-state index in [0.717, 1.165) is 29.8 Å². The number of hydrogen-bond donors (Lipinski definition) is 2. The fourth-order valence-electron chi connectivity index (χ4n) is 2.94. The Kier molecular flexibility index (Phi) is 5.27. The molecule has 0 saturated carbocycles. The molecule has 1 atom stereocenters. The molecule has 1 fully saturated rings. The number of carbonyl (C=O) groups is 2. The van der Waals surface area contributed by atoms with Crippen molar-refractivity contribution in [2.24, 2.45) is 5.73 Å².